The van der Waals surface area contributed by atoms with Crippen LogP contribution in [0, 0.1) is 6.92 Å². The lowest BCUT2D eigenvalue weighted by Gasteiger charge is -2.13. The molecule has 146 valence electrons. The van der Waals surface area contributed by atoms with Gasteiger partial charge in [-0.3, -0.25) is 14.2 Å². The van der Waals surface area contributed by atoms with E-state index in [1.807, 2.05) is 31.2 Å². The average molecular weight is 418 g/mol. The van der Waals surface area contributed by atoms with Crippen molar-refractivity contribution in [1.29, 1.82) is 0 Å². The summed E-state index contributed by atoms with van der Waals surface area (Å²) in [7, 11) is 1.57. The van der Waals surface area contributed by atoms with E-state index in [0.717, 1.165) is 11.3 Å². The fourth-order valence-electron chi connectivity index (χ4n) is 2.71. The van der Waals surface area contributed by atoms with Gasteiger partial charge in [-0.1, -0.05) is 35.5 Å². The number of rotatable bonds is 7. The highest BCUT2D eigenvalue weighted by molar-refractivity contribution is 7.99. The molecule has 0 aliphatic rings. The van der Waals surface area contributed by atoms with E-state index in [9.17, 15) is 9.59 Å². The molecule has 0 aliphatic heterocycles. The second-order valence-electron chi connectivity index (χ2n) is 6.21. The number of nitrogens with zero attached hydrogens (tertiary/aromatic N) is 2. The molecule has 8 heteroatoms. The summed E-state index contributed by atoms with van der Waals surface area (Å²) in [5, 5.41) is 4.29. The van der Waals surface area contributed by atoms with Gasteiger partial charge in [0.25, 0.3) is 5.56 Å². The third-order valence-electron chi connectivity index (χ3n) is 4.04. The molecule has 0 bridgehead atoms. The van der Waals surface area contributed by atoms with Gasteiger partial charge < -0.3 is 10.1 Å². The number of anilines is 1. The quantitative estimate of drug-likeness (QED) is 0.468. The van der Waals surface area contributed by atoms with E-state index >= 15 is 0 Å². The molecule has 0 fully saturated rings. The number of ether oxygens (including phenoxy) is 1. The number of methoxy groups -OCH3 is 1. The maximum absolute atomic E-state index is 12.9. The molecular formula is C20H20ClN3O3S. The Labute approximate surface area is 171 Å². The second-order valence-corrected chi connectivity index (χ2v) is 7.59. The monoisotopic (exact) mass is 417 g/mol. The molecule has 1 aromatic heterocycles. The van der Waals surface area contributed by atoms with Crippen LogP contribution in [0.5, 0.6) is 0 Å². The number of nitrogens with one attached hydrogen (secondary N) is 1. The topological polar surface area (TPSA) is 73.2 Å². The summed E-state index contributed by atoms with van der Waals surface area (Å²) in [4.78, 5) is 29.7. The molecule has 1 heterocycles. The first-order valence-electron chi connectivity index (χ1n) is 8.66. The number of fused-ring (bicyclic) bond motifs is 1. The number of hydrogen-bond acceptors (Lipinski definition) is 5. The Bertz CT molecular complexity index is 1070. The van der Waals surface area contributed by atoms with E-state index < -0.39 is 0 Å². The molecule has 28 heavy (non-hydrogen) atoms. The first-order valence-corrected chi connectivity index (χ1v) is 10.0. The summed E-state index contributed by atoms with van der Waals surface area (Å²) < 4.78 is 6.64. The van der Waals surface area contributed by atoms with Crippen LogP contribution in [0.2, 0.25) is 5.02 Å². The largest absolute Gasteiger partial charge is 0.383 e. The SMILES string of the molecule is COCCn1c(SCC(=O)Nc2cccc(C)c2)nc2cc(Cl)ccc2c1=O. The fraction of sp³-hybridized carbons (Fsp3) is 0.250. The van der Waals surface area contributed by atoms with Crippen molar-refractivity contribution in [3.05, 3.63) is 63.4 Å². The van der Waals surface area contributed by atoms with Gasteiger partial charge in [-0.05, 0) is 42.8 Å². The average Bonchev–Trinajstić information content (AvgIpc) is 2.65. The number of aromatic nitrogens is 2. The van der Waals surface area contributed by atoms with Gasteiger partial charge in [-0.15, -0.1) is 0 Å². The highest BCUT2D eigenvalue weighted by Gasteiger charge is 2.14. The Morgan fingerprint density at radius 2 is 2.11 bits per heavy atom. The van der Waals surface area contributed by atoms with Crippen molar-refractivity contribution in [2.24, 2.45) is 0 Å². The van der Waals surface area contributed by atoms with Gasteiger partial charge >= 0.3 is 0 Å². The third kappa shape index (κ3) is 4.92. The smallest absolute Gasteiger partial charge is 0.262 e. The fourth-order valence-corrected chi connectivity index (χ4v) is 3.71. The van der Waals surface area contributed by atoms with Gasteiger partial charge in [0.05, 0.1) is 29.8 Å². The van der Waals surface area contributed by atoms with E-state index in [1.54, 1.807) is 25.3 Å². The van der Waals surface area contributed by atoms with Crippen LogP contribution in [-0.4, -0.2) is 34.9 Å². The molecular weight excluding hydrogens is 398 g/mol. The normalized spacial score (nSPS) is 11.0. The van der Waals surface area contributed by atoms with E-state index in [0.29, 0.717) is 34.2 Å². The summed E-state index contributed by atoms with van der Waals surface area (Å²) in [5.74, 6) is -0.0475. The number of benzene rings is 2. The van der Waals surface area contributed by atoms with Gasteiger partial charge in [0, 0.05) is 17.8 Å². The molecule has 0 saturated heterocycles. The Morgan fingerprint density at radius 3 is 2.86 bits per heavy atom. The van der Waals surface area contributed by atoms with E-state index in [1.165, 1.54) is 16.3 Å². The molecule has 0 aliphatic carbocycles. The minimum atomic E-state index is -0.180. The molecule has 1 N–H and O–H groups in total. The predicted molar refractivity (Wildman–Crippen MR) is 113 cm³/mol. The number of amides is 1. The van der Waals surface area contributed by atoms with Crippen molar-refractivity contribution in [2.45, 2.75) is 18.6 Å². The number of thioether (sulfide) groups is 1. The van der Waals surface area contributed by atoms with Crippen LogP contribution in [0.4, 0.5) is 5.69 Å². The Hall–Kier alpha value is -2.35. The lowest BCUT2D eigenvalue weighted by molar-refractivity contribution is -0.113. The molecule has 2 aromatic carbocycles. The van der Waals surface area contributed by atoms with Crippen LogP contribution in [0.1, 0.15) is 5.56 Å². The zero-order valence-electron chi connectivity index (χ0n) is 15.6. The molecule has 3 aromatic rings. The van der Waals surface area contributed by atoms with Crippen molar-refractivity contribution in [3.63, 3.8) is 0 Å². The summed E-state index contributed by atoms with van der Waals surface area (Å²) in [6.45, 7) is 2.68. The van der Waals surface area contributed by atoms with Crippen LogP contribution in [-0.2, 0) is 16.1 Å². The second kappa shape index (κ2) is 9.23. The van der Waals surface area contributed by atoms with Crippen molar-refractivity contribution < 1.29 is 9.53 Å². The van der Waals surface area contributed by atoms with E-state index in [2.05, 4.69) is 10.3 Å². The molecule has 0 radical (unpaired) electrons. The summed E-state index contributed by atoms with van der Waals surface area (Å²) >= 11 is 7.24. The summed E-state index contributed by atoms with van der Waals surface area (Å²) in [5.41, 5.74) is 2.13. The standard InChI is InChI=1S/C20H20ClN3O3S/c1-13-4-3-5-15(10-13)22-18(25)12-28-20-23-17-11-14(21)6-7-16(17)19(26)24(20)8-9-27-2/h3-7,10-11H,8-9,12H2,1-2H3,(H,22,25). The van der Waals surface area contributed by atoms with Crippen molar-refractivity contribution >= 4 is 45.9 Å². The van der Waals surface area contributed by atoms with Gasteiger partial charge in [-0.25, -0.2) is 4.98 Å². The van der Waals surface area contributed by atoms with Crippen molar-refractivity contribution in [3.8, 4) is 0 Å². The lowest BCUT2D eigenvalue weighted by atomic mass is 10.2. The van der Waals surface area contributed by atoms with Crippen LogP contribution in [0.3, 0.4) is 0 Å². The minimum Gasteiger partial charge on any atom is -0.383 e. The molecule has 0 spiro atoms. The maximum atomic E-state index is 12.9. The molecule has 0 atom stereocenters. The van der Waals surface area contributed by atoms with Crippen molar-refractivity contribution in [2.75, 3.05) is 24.8 Å². The zero-order chi connectivity index (χ0) is 20.1. The number of carbonyl (C=O) groups is 1. The number of hydrogen-bond donors (Lipinski definition) is 1. The van der Waals surface area contributed by atoms with Gasteiger partial charge in [-0.2, -0.15) is 0 Å². The van der Waals surface area contributed by atoms with E-state index in [4.69, 9.17) is 16.3 Å². The Kier molecular flexibility index (Phi) is 6.72. The maximum Gasteiger partial charge on any atom is 0.262 e. The molecule has 0 saturated carbocycles. The summed E-state index contributed by atoms with van der Waals surface area (Å²) in [6.07, 6.45) is 0. The van der Waals surface area contributed by atoms with Crippen LogP contribution in [0.25, 0.3) is 10.9 Å². The summed E-state index contributed by atoms with van der Waals surface area (Å²) in [6, 6.07) is 12.5. The highest BCUT2D eigenvalue weighted by atomic mass is 35.5. The van der Waals surface area contributed by atoms with Crippen LogP contribution >= 0.6 is 23.4 Å². The molecule has 0 unspecified atom stereocenters. The van der Waals surface area contributed by atoms with Gasteiger partial charge in [0.1, 0.15) is 0 Å². The lowest BCUT2D eigenvalue weighted by Crippen LogP contribution is -2.26. The molecule has 6 nitrogen and oxygen atoms in total. The van der Waals surface area contributed by atoms with Gasteiger partial charge in [0.2, 0.25) is 5.91 Å². The van der Waals surface area contributed by atoms with Gasteiger partial charge in [0.15, 0.2) is 5.16 Å². The number of carbonyl (C=O) groups excluding carboxylic acids is 1. The van der Waals surface area contributed by atoms with Crippen LogP contribution in [0.15, 0.2) is 52.4 Å². The Balaban J connectivity index is 1.84. The molecule has 1 amide bonds. The zero-order valence-corrected chi connectivity index (χ0v) is 17.1. The number of aryl methyl sites for hydroxylation is 1. The predicted octanol–water partition coefficient (Wildman–Crippen LogP) is 3.74. The number of halogens is 1. The van der Waals surface area contributed by atoms with Crippen LogP contribution < -0.4 is 10.9 Å². The minimum absolute atomic E-state index is 0.124. The third-order valence-corrected chi connectivity index (χ3v) is 5.25. The molecule has 3 rings (SSSR count). The first kappa shape index (κ1) is 20.4. The highest BCUT2D eigenvalue weighted by Crippen LogP contribution is 2.21. The van der Waals surface area contributed by atoms with E-state index in [-0.39, 0.29) is 17.2 Å². The van der Waals surface area contributed by atoms with Crippen molar-refractivity contribution in [1.82, 2.24) is 9.55 Å². The first-order chi connectivity index (χ1) is 13.5. The Morgan fingerprint density at radius 1 is 1.29 bits per heavy atom.